The molecule has 0 bridgehead atoms. The number of anilines is 1. The van der Waals surface area contributed by atoms with Crippen LogP contribution >= 0.6 is 11.6 Å². The Morgan fingerprint density at radius 1 is 1.10 bits per heavy atom. The molecule has 1 aromatic carbocycles. The Hall–Kier alpha value is -3.58. The summed E-state index contributed by atoms with van der Waals surface area (Å²) in [5.74, 6) is 0.669. The first-order chi connectivity index (χ1) is 14.2. The summed E-state index contributed by atoms with van der Waals surface area (Å²) in [6.07, 6.45) is 6.66. The zero-order chi connectivity index (χ0) is 19.8. The lowest BCUT2D eigenvalue weighted by Gasteiger charge is -2.16. The van der Waals surface area contributed by atoms with Crippen LogP contribution in [0.2, 0.25) is 5.15 Å². The number of benzene rings is 1. The van der Waals surface area contributed by atoms with E-state index in [4.69, 9.17) is 11.6 Å². The van der Waals surface area contributed by atoms with Gasteiger partial charge in [-0.2, -0.15) is 0 Å². The molecule has 0 saturated carbocycles. The molecule has 2 N–H and O–H groups in total. The third-order valence-electron chi connectivity index (χ3n) is 4.83. The van der Waals surface area contributed by atoms with E-state index in [1.165, 1.54) is 6.33 Å². The van der Waals surface area contributed by atoms with Crippen molar-refractivity contribution in [2.24, 2.45) is 0 Å². The predicted octanol–water partition coefficient (Wildman–Crippen LogP) is 4.79. The summed E-state index contributed by atoms with van der Waals surface area (Å²) < 4.78 is 0. The van der Waals surface area contributed by atoms with E-state index in [0.717, 1.165) is 33.1 Å². The normalized spacial score (nSPS) is 12.3. The van der Waals surface area contributed by atoms with Gasteiger partial charge in [0, 0.05) is 23.3 Å². The molecule has 4 aromatic heterocycles. The molecule has 142 valence electrons. The zero-order valence-corrected chi connectivity index (χ0v) is 16.2. The molecule has 0 spiro atoms. The van der Waals surface area contributed by atoms with Crippen LogP contribution in [0, 0.1) is 0 Å². The molecular formula is C21H16ClN7. The summed E-state index contributed by atoms with van der Waals surface area (Å²) in [6.45, 7) is 2.01. The quantitative estimate of drug-likeness (QED) is 0.420. The minimum Gasteiger partial charge on any atom is -0.360 e. The standard InChI is InChI=1S/C21H16ClN7/c1-12(28-21-18-20(25-10-24-18)26-11-27-21)16-8-13-4-2-6-15(17(13)19(22)29-16)14-5-3-7-23-9-14/h2-12H,1H3,(H2,24,25,26,27,28)/t12-/m0/s1. The molecule has 0 amide bonds. The molecule has 8 heteroatoms. The van der Waals surface area contributed by atoms with Gasteiger partial charge in [-0.3, -0.25) is 4.98 Å². The Kier molecular flexibility index (Phi) is 4.29. The van der Waals surface area contributed by atoms with Crippen molar-refractivity contribution in [3.8, 4) is 11.1 Å². The fourth-order valence-electron chi connectivity index (χ4n) is 3.42. The van der Waals surface area contributed by atoms with Gasteiger partial charge in [-0.1, -0.05) is 35.9 Å². The van der Waals surface area contributed by atoms with Gasteiger partial charge in [-0.25, -0.2) is 19.9 Å². The fourth-order valence-corrected chi connectivity index (χ4v) is 3.73. The van der Waals surface area contributed by atoms with E-state index in [-0.39, 0.29) is 6.04 Å². The van der Waals surface area contributed by atoms with Crippen molar-refractivity contribution in [2.75, 3.05) is 5.32 Å². The number of hydrogen-bond donors (Lipinski definition) is 2. The van der Waals surface area contributed by atoms with Crippen molar-refractivity contribution in [1.82, 2.24) is 29.9 Å². The number of nitrogens with zero attached hydrogens (tertiary/aromatic N) is 5. The average molecular weight is 402 g/mol. The Balaban J connectivity index is 1.55. The lowest BCUT2D eigenvalue weighted by atomic mass is 10.00. The highest BCUT2D eigenvalue weighted by molar-refractivity contribution is 6.35. The minimum absolute atomic E-state index is 0.125. The number of hydrogen-bond acceptors (Lipinski definition) is 6. The van der Waals surface area contributed by atoms with E-state index in [9.17, 15) is 0 Å². The van der Waals surface area contributed by atoms with Gasteiger partial charge in [0.15, 0.2) is 11.5 Å². The van der Waals surface area contributed by atoms with Crippen LogP contribution in [0.3, 0.4) is 0 Å². The summed E-state index contributed by atoms with van der Waals surface area (Å²) in [5, 5.41) is 5.76. The molecule has 29 heavy (non-hydrogen) atoms. The molecular weight excluding hydrogens is 386 g/mol. The first-order valence-corrected chi connectivity index (χ1v) is 9.48. The van der Waals surface area contributed by atoms with Gasteiger partial charge in [0.25, 0.3) is 0 Å². The smallest absolute Gasteiger partial charge is 0.182 e. The second kappa shape index (κ2) is 7.10. The van der Waals surface area contributed by atoms with Gasteiger partial charge in [-0.05, 0) is 30.0 Å². The van der Waals surface area contributed by atoms with Crippen molar-refractivity contribution in [2.45, 2.75) is 13.0 Å². The van der Waals surface area contributed by atoms with Crippen LogP contribution in [0.25, 0.3) is 33.1 Å². The molecule has 4 heterocycles. The Morgan fingerprint density at radius 3 is 2.90 bits per heavy atom. The molecule has 0 aliphatic rings. The molecule has 0 fully saturated rings. The lowest BCUT2D eigenvalue weighted by Crippen LogP contribution is -2.10. The van der Waals surface area contributed by atoms with Gasteiger partial charge in [0.1, 0.15) is 17.0 Å². The van der Waals surface area contributed by atoms with E-state index in [1.54, 1.807) is 12.5 Å². The number of halogens is 1. The number of pyridine rings is 2. The zero-order valence-electron chi connectivity index (χ0n) is 15.5. The van der Waals surface area contributed by atoms with Crippen molar-refractivity contribution in [3.05, 3.63) is 72.3 Å². The summed E-state index contributed by atoms with van der Waals surface area (Å²) in [6, 6.07) is 11.9. The summed E-state index contributed by atoms with van der Waals surface area (Å²) >= 11 is 6.64. The maximum atomic E-state index is 6.64. The number of aromatic nitrogens is 6. The number of nitrogens with one attached hydrogen (secondary N) is 2. The number of rotatable bonds is 4. The minimum atomic E-state index is -0.125. The third kappa shape index (κ3) is 3.15. The van der Waals surface area contributed by atoms with Gasteiger partial charge in [0.2, 0.25) is 0 Å². The number of aromatic amines is 1. The summed E-state index contributed by atoms with van der Waals surface area (Å²) in [7, 11) is 0. The molecule has 0 unspecified atom stereocenters. The monoisotopic (exact) mass is 401 g/mol. The highest BCUT2D eigenvalue weighted by atomic mass is 35.5. The van der Waals surface area contributed by atoms with Crippen LogP contribution in [-0.2, 0) is 0 Å². The van der Waals surface area contributed by atoms with Crippen molar-refractivity contribution in [1.29, 1.82) is 0 Å². The summed E-state index contributed by atoms with van der Waals surface area (Å²) in [5.41, 5.74) is 4.20. The molecule has 1 atom stereocenters. The topological polar surface area (TPSA) is 92.3 Å². The highest BCUT2D eigenvalue weighted by Gasteiger charge is 2.16. The Bertz CT molecular complexity index is 1320. The van der Waals surface area contributed by atoms with Crippen LogP contribution in [0.1, 0.15) is 18.7 Å². The van der Waals surface area contributed by atoms with Crippen molar-refractivity contribution >= 4 is 39.4 Å². The van der Waals surface area contributed by atoms with Crippen LogP contribution in [0.5, 0.6) is 0 Å². The molecule has 7 nitrogen and oxygen atoms in total. The van der Waals surface area contributed by atoms with E-state index in [2.05, 4.69) is 35.2 Å². The summed E-state index contributed by atoms with van der Waals surface area (Å²) in [4.78, 5) is 24.6. The predicted molar refractivity (Wildman–Crippen MR) is 114 cm³/mol. The maximum absolute atomic E-state index is 6.64. The van der Waals surface area contributed by atoms with E-state index in [1.807, 2.05) is 49.5 Å². The third-order valence-corrected chi connectivity index (χ3v) is 5.10. The van der Waals surface area contributed by atoms with Crippen LogP contribution in [0.15, 0.2) is 61.4 Å². The maximum Gasteiger partial charge on any atom is 0.182 e. The van der Waals surface area contributed by atoms with Gasteiger partial charge >= 0.3 is 0 Å². The second-order valence-corrected chi connectivity index (χ2v) is 7.03. The van der Waals surface area contributed by atoms with Crippen LogP contribution in [-0.4, -0.2) is 29.9 Å². The number of imidazole rings is 1. The molecule has 0 radical (unpaired) electrons. The first kappa shape index (κ1) is 17.5. The Labute approximate surface area is 171 Å². The highest BCUT2D eigenvalue weighted by Crippen LogP contribution is 2.34. The molecule has 5 rings (SSSR count). The first-order valence-electron chi connectivity index (χ1n) is 9.11. The molecule has 5 aromatic rings. The van der Waals surface area contributed by atoms with Crippen molar-refractivity contribution in [3.63, 3.8) is 0 Å². The van der Waals surface area contributed by atoms with E-state index < -0.39 is 0 Å². The second-order valence-electron chi connectivity index (χ2n) is 6.67. The van der Waals surface area contributed by atoms with E-state index in [0.29, 0.717) is 16.6 Å². The van der Waals surface area contributed by atoms with Crippen LogP contribution in [0.4, 0.5) is 5.82 Å². The average Bonchev–Trinajstić information content (AvgIpc) is 3.24. The number of H-pyrrole nitrogens is 1. The fraction of sp³-hybridized carbons (Fsp3) is 0.0952. The largest absolute Gasteiger partial charge is 0.360 e. The Morgan fingerprint density at radius 2 is 2.03 bits per heavy atom. The SMILES string of the molecule is C[C@H](Nc1ncnc2nc[nH]c12)c1cc2cccc(-c3cccnc3)c2c(Cl)n1. The van der Waals surface area contributed by atoms with Gasteiger partial charge < -0.3 is 10.3 Å². The lowest BCUT2D eigenvalue weighted by molar-refractivity contribution is 0.836. The van der Waals surface area contributed by atoms with Gasteiger partial charge in [0.05, 0.1) is 18.1 Å². The van der Waals surface area contributed by atoms with Crippen LogP contribution < -0.4 is 5.32 Å². The van der Waals surface area contributed by atoms with Crippen molar-refractivity contribution < 1.29 is 0 Å². The van der Waals surface area contributed by atoms with E-state index >= 15 is 0 Å². The molecule has 0 saturated heterocycles. The number of fused-ring (bicyclic) bond motifs is 2. The molecule has 0 aliphatic heterocycles. The van der Waals surface area contributed by atoms with Gasteiger partial charge in [-0.15, -0.1) is 0 Å². The molecule has 0 aliphatic carbocycles.